The lowest BCUT2D eigenvalue weighted by Gasteiger charge is -2.35. The molecule has 0 aliphatic carbocycles. The molecule has 1 aromatic carbocycles. The highest BCUT2D eigenvalue weighted by Gasteiger charge is 2.22. The summed E-state index contributed by atoms with van der Waals surface area (Å²) in [6.45, 7) is 6.76. The van der Waals surface area contributed by atoms with Gasteiger partial charge in [0.2, 0.25) is 0 Å². The Morgan fingerprint density at radius 3 is 2.33 bits per heavy atom. The Labute approximate surface area is 107 Å². The maximum absolute atomic E-state index is 10.6. The van der Waals surface area contributed by atoms with Crippen LogP contribution in [0.4, 0.5) is 5.69 Å². The van der Waals surface area contributed by atoms with Gasteiger partial charge in [0, 0.05) is 31.8 Å². The van der Waals surface area contributed by atoms with Crippen molar-refractivity contribution in [2.24, 2.45) is 0 Å². The fourth-order valence-electron chi connectivity index (χ4n) is 2.39. The van der Waals surface area contributed by atoms with Gasteiger partial charge in [-0.3, -0.25) is 15.0 Å². The Morgan fingerprint density at radius 2 is 1.83 bits per heavy atom. The molecule has 98 valence electrons. The molecule has 0 radical (unpaired) electrons. The highest BCUT2D eigenvalue weighted by atomic mass is 16.6. The maximum Gasteiger partial charge on any atom is 0.269 e. The minimum absolute atomic E-state index is 0.141. The van der Waals surface area contributed by atoms with Gasteiger partial charge < -0.3 is 4.74 Å². The summed E-state index contributed by atoms with van der Waals surface area (Å²) in [6, 6.07) is 6.76. The van der Waals surface area contributed by atoms with Crippen molar-refractivity contribution in [2.45, 2.75) is 32.6 Å². The molecular weight excluding hydrogens is 232 g/mol. The molecule has 0 unspecified atom stereocenters. The zero-order valence-electron chi connectivity index (χ0n) is 10.7. The van der Waals surface area contributed by atoms with Gasteiger partial charge in [-0.1, -0.05) is 12.1 Å². The van der Waals surface area contributed by atoms with E-state index in [4.69, 9.17) is 4.74 Å². The molecular formula is C13H18N2O3. The first-order chi connectivity index (χ1) is 8.54. The van der Waals surface area contributed by atoms with E-state index in [1.165, 1.54) is 0 Å². The van der Waals surface area contributed by atoms with E-state index in [2.05, 4.69) is 18.7 Å². The van der Waals surface area contributed by atoms with Crippen LogP contribution in [0, 0.1) is 10.1 Å². The predicted molar refractivity (Wildman–Crippen MR) is 68.4 cm³/mol. The summed E-state index contributed by atoms with van der Waals surface area (Å²) in [5, 5.41) is 10.6. The van der Waals surface area contributed by atoms with Crippen LogP contribution >= 0.6 is 0 Å². The van der Waals surface area contributed by atoms with Crippen LogP contribution in [0.1, 0.15) is 19.4 Å². The normalized spacial score (nSPS) is 25.0. The second kappa shape index (κ2) is 5.46. The third-order valence-corrected chi connectivity index (χ3v) is 3.05. The summed E-state index contributed by atoms with van der Waals surface area (Å²) in [5.74, 6) is 0. The zero-order chi connectivity index (χ0) is 13.1. The average Bonchev–Trinajstić information content (AvgIpc) is 2.28. The molecule has 5 nitrogen and oxygen atoms in total. The molecule has 2 rings (SSSR count). The van der Waals surface area contributed by atoms with Crippen molar-refractivity contribution in [3.63, 3.8) is 0 Å². The van der Waals surface area contributed by atoms with Crippen molar-refractivity contribution < 1.29 is 9.66 Å². The Morgan fingerprint density at radius 1 is 1.28 bits per heavy atom. The maximum atomic E-state index is 10.6. The van der Waals surface area contributed by atoms with Crippen LogP contribution < -0.4 is 0 Å². The first kappa shape index (κ1) is 13.0. The van der Waals surface area contributed by atoms with Crippen LogP contribution in [-0.2, 0) is 11.3 Å². The lowest BCUT2D eigenvalue weighted by molar-refractivity contribution is -0.384. The summed E-state index contributed by atoms with van der Waals surface area (Å²) in [7, 11) is 0. The highest BCUT2D eigenvalue weighted by Crippen LogP contribution is 2.16. The van der Waals surface area contributed by atoms with E-state index in [0.717, 1.165) is 25.2 Å². The summed E-state index contributed by atoms with van der Waals surface area (Å²) in [4.78, 5) is 12.5. The van der Waals surface area contributed by atoms with Crippen LogP contribution in [0.3, 0.4) is 0 Å². The molecule has 0 spiro atoms. The molecule has 1 aromatic rings. The lowest BCUT2D eigenvalue weighted by atomic mass is 10.1. The minimum Gasteiger partial charge on any atom is -0.373 e. The minimum atomic E-state index is -0.372. The van der Waals surface area contributed by atoms with Crippen LogP contribution in [0.25, 0.3) is 0 Å². The predicted octanol–water partition coefficient (Wildman–Crippen LogP) is 2.20. The van der Waals surface area contributed by atoms with Crippen molar-refractivity contribution in [3.05, 3.63) is 39.9 Å². The van der Waals surface area contributed by atoms with E-state index in [9.17, 15) is 10.1 Å². The van der Waals surface area contributed by atoms with Crippen molar-refractivity contribution in [3.8, 4) is 0 Å². The number of rotatable bonds is 3. The van der Waals surface area contributed by atoms with E-state index >= 15 is 0 Å². The molecule has 18 heavy (non-hydrogen) atoms. The number of morpholine rings is 1. The van der Waals surface area contributed by atoms with Crippen molar-refractivity contribution in [1.29, 1.82) is 0 Å². The molecule has 2 atom stereocenters. The van der Waals surface area contributed by atoms with Crippen LogP contribution in [0.5, 0.6) is 0 Å². The van der Waals surface area contributed by atoms with Gasteiger partial charge in [-0.25, -0.2) is 0 Å². The SMILES string of the molecule is C[C@H]1CN(Cc2ccc([N+](=O)[O-])cc2)C[C@H](C)O1. The van der Waals surface area contributed by atoms with Crippen molar-refractivity contribution in [1.82, 2.24) is 4.90 Å². The smallest absolute Gasteiger partial charge is 0.269 e. The van der Waals surface area contributed by atoms with Crippen LogP contribution in [0.15, 0.2) is 24.3 Å². The van der Waals surface area contributed by atoms with E-state index in [1.54, 1.807) is 12.1 Å². The van der Waals surface area contributed by atoms with E-state index in [1.807, 2.05) is 12.1 Å². The highest BCUT2D eigenvalue weighted by molar-refractivity contribution is 5.32. The molecule has 0 bridgehead atoms. The molecule has 1 fully saturated rings. The van der Waals surface area contributed by atoms with Gasteiger partial charge in [-0.2, -0.15) is 0 Å². The molecule has 5 heteroatoms. The number of hydrogen-bond donors (Lipinski definition) is 0. The first-order valence-electron chi connectivity index (χ1n) is 6.15. The van der Waals surface area contributed by atoms with Gasteiger partial charge in [0.25, 0.3) is 5.69 Å². The summed E-state index contributed by atoms with van der Waals surface area (Å²) < 4.78 is 5.67. The molecule has 1 saturated heterocycles. The second-order valence-corrected chi connectivity index (χ2v) is 4.87. The quantitative estimate of drug-likeness (QED) is 0.609. The third-order valence-electron chi connectivity index (χ3n) is 3.05. The van der Waals surface area contributed by atoms with Gasteiger partial charge >= 0.3 is 0 Å². The standard InChI is InChI=1S/C13H18N2O3/c1-10-7-14(8-11(2)18-10)9-12-3-5-13(6-4-12)15(16)17/h3-6,10-11H,7-9H2,1-2H3/t10-,11-/m0/s1. The number of ether oxygens (including phenoxy) is 1. The monoisotopic (exact) mass is 250 g/mol. The van der Waals surface area contributed by atoms with Gasteiger partial charge in [0.05, 0.1) is 17.1 Å². The van der Waals surface area contributed by atoms with Gasteiger partial charge in [0.15, 0.2) is 0 Å². The topological polar surface area (TPSA) is 55.6 Å². The van der Waals surface area contributed by atoms with E-state index in [0.29, 0.717) is 0 Å². The van der Waals surface area contributed by atoms with E-state index in [-0.39, 0.29) is 22.8 Å². The van der Waals surface area contributed by atoms with Gasteiger partial charge in [-0.15, -0.1) is 0 Å². The molecule has 0 amide bonds. The molecule has 1 heterocycles. The first-order valence-corrected chi connectivity index (χ1v) is 6.15. The molecule has 0 N–H and O–H groups in total. The molecule has 1 aliphatic rings. The van der Waals surface area contributed by atoms with Crippen LogP contribution in [-0.4, -0.2) is 35.1 Å². The van der Waals surface area contributed by atoms with E-state index < -0.39 is 0 Å². The van der Waals surface area contributed by atoms with Crippen molar-refractivity contribution in [2.75, 3.05) is 13.1 Å². The molecule has 1 aliphatic heterocycles. The third kappa shape index (κ3) is 3.27. The fraction of sp³-hybridized carbons (Fsp3) is 0.538. The number of benzene rings is 1. The number of non-ortho nitro benzene ring substituents is 1. The number of nitro groups is 1. The summed E-state index contributed by atoms with van der Waals surface area (Å²) >= 11 is 0. The van der Waals surface area contributed by atoms with Crippen LogP contribution in [0.2, 0.25) is 0 Å². The Balaban J connectivity index is 1.98. The zero-order valence-corrected chi connectivity index (χ0v) is 10.7. The number of hydrogen-bond acceptors (Lipinski definition) is 4. The molecule has 0 saturated carbocycles. The average molecular weight is 250 g/mol. The Bertz CT molecular complexity index is 409. The summed E-state index contributed by atoms with van der Waals surface area (Å²) in [5.41, 5.74) is 1.24. The van der Waals surface area contributed by atoms with Gasteiger partial charge in [-0.05, 0) is 19.4 Å². The fourth-order valence-corrected chi connectivity index (χ4v) is 2.39. The van der Waals surface area contributed by atoms with Crippen molar-refractivity contribution >= 4 is 5.69 Å². The Hall–Kier alpha value is -1.46. The molecule has 0 aromatic heterocycles. The summed E-state index contributed by atoms with van der Waals surface area (Å²) in [6.07, 6.45) is 0.485. The Kier molecular flexibility index (Phi) is 3.93. The second-order valence-electron chi connectivity index (χ2n) is 4.87. The number of nitrogens with zero attached hydrogens (tertiary/aromatic N) is 2. The number of nitro benzene ring substituents is 1. The van der Waals surface area contributed by atoms with Gasteiger partial charge in [0.1, 0.15) is 0 Å². The lowest BCUT2D eigenvalue weighted by Crippen LogP contribution is -2.44. The largest absolute Gasteiger partial charge is 0.373 e.